The Morgan fingerprint density at radius 1 is 1.21 bits per heavy atom. The first-order valence-corrected chi connectivity index (χ1v) is 8.11. The monoisotopic (exact) mass is 325 g/mol. The van der Waals surface area contributed by atoms with Crippen molar-refractivity contribution in [2.24, 2.45) is 0 Å². The highest BCUT2D eigenvalue weighted by atomic mass is 16.3. The third-order valence-corrected chi connectivity index (χ3v) is 4.60. The zero-order valence-electron chi connectivity index (χ0n) is 13.3. The van der Waals surface area contributed by atoms with Gasteiger partial charge in [0.1, 0.15) is 6.33 Å². The summed E-state index contributed by atoms with van der Waals surface area (Å²) < 4.78 is 7.02. The summed E-state index contributed by atoms with van der Waals surface area (Å²) in [4.78, 5) is 18.0. The lowest BCUT2D eigenvalue weighted by Gasteiger charge is -2.32. The number of nitrogens with zero attached hydrogens (tertiary/aromatic N) is 4. The summed E-state index contributed by atoms with van der Waals surface area (Å²) in [6.07, 6.45) is 6.70. The van der Waals surface area contributed by atoms with Gasteiger partial charge in [-0.2, -0.15) is 5.10 Å². The fraction of sp³-hybridized carbons (Fsp3) is 0.353. The van der Waals surface area contributed by atoms with Gasteiger partial charge < -0.3 is 4.42 Å². The van der Waals surface area contributed by atoms with E-state index in [0.717, 1.165) is 43.8 Å². The molecule has 3 heterocycles. The fourth-order valence-corrected chi connectivity index (χ4v) is 3.26. The zero-order valence-corrected chi connectivity index (χ0v) is 13.3. The molecule has 0 aliphatic carbocycles. The van der Waals surface area contributed by atoms with E-state index in [2.05, 4.69) is 44.3 Å². The number of benzene rings is 1. The van der Waals surface area contributed by atoms with Crippen molar-refractivity contribution in [1.82, 2.24) is 24.6 Å². The maximum Gasteiger partial charge on any atom is 0.343 e. The van der Waals surface area contributed by atoms with Crippen LogP contribution < -0.4 is 5.69 Å². The second kappa shape index (κ2) is 6.45. The highest BCUT2D eigenvalue weighted by molar-refractivity contribution is 5.56. The van der Waals surface area contributed by atoms with E-state index in [1.165, 1.54) is 12.0 Å². The van der Waals surface area contributed by atoms with Gasteiger partial charge in [0.2, 0.25) is 0 Å². The Labute approximate surface area is 138 Å². The smallest absolute Gasteiger partial charge is 0.343 e. The minimum absolute atomic E-state index is 0.114. The molecule has 7 heteroatoms. The topological polar surface area (TPSA) is 80.0 Å². The number of aromatic amines is 1. The maximum atomic E-state index is 11.6. The first-order valence-electron chi connectivity index (χ1n) is 8.11. The van der Waals surface area contributed by atoms with Crippen LogP contribution >= 0.6 is 0 Å². The number of likely N-dealkylation sites (tertiary alicyclic amines) is 1. The molecule has 0 amide bonds. The second-order valence-corrected chi connectivity index (χ2v) is 6.14. The molecular formula is C17H19N5O2. The van der Waals surface area contributed by atoms with Gasteiger partial charge in [0.05, 0.1) is 6.20 Å². The minimum atomic E-state index is -0.114. The largest absolute Gasteiger partial charge is 0.444 e. The first kappa shape index (κ1) is 14.9. The summed E-state index contributed by atoms with van der Waals surface area (Å²) in [6, 6.07) is 8.64. The molecule has 3 aromatic rings. The maximum absolute atomic E-state index is 11.6. The van der Waals surface area contributed by atoms with Crippen LogP contribution in [0.4, 0.5) is 0 Å². The summed E-state index contributed by atoms with van der Waals surface area (Å²) in [5.74, 6) is 0.785. The first-order chi connectivity index (χ1) is 11.8. The summed E-state index contributed by atoms with van der Waals surface area (Å²) in [5.41, 5.74) is 2.20. The lowest BCUT2D eigenvalue weighted by Crippen LogP contribution is -2.36. The molecule has 0 unspecified atom stereocenters. The van der Waals surface area contributed by atoms with E-state index in [4.69, 9.17) is 4.42 Å². The van der Waals surface area contributed by atoms with E-state index in [1.54, 1.807) is 17.1 Å². The Hall–Kier alpha value is -2.67. The summed E-state index contributed by atoms with van der Waals surface area (Å²) in [5, 5.41) is 6.28. The number of oxazole rings is 1. The Morgan fingerprint density at radius 2 is 2.00 bits per heavy atom. The van der Waals surface area contributed by atoms with Crippen molar-refractivity contribution in [1.29, 1.82) is 0 Å². The van der Waals surface area contributed by atoms with E-state index in [1.807, 2.05) is 0 Å². The predicted octanol–water partition coefficient (Wildman–Crippen LogP) is 2.06. The molecule has 24 heavy (non-hydrogen) atoms. The Morgan fingerprint density at radius 3 is 2.62 bits per heavy atom. The van der Waals surface area contributed by atoms with Crippen LogP contribution in [0.5, 0.6) is 0 Å². The predicted molar refractivity (Wildman–Crippen MR) is 88.3 cm³/mol. The number of rotatable bonds is 4. The van der Waals surface area contributed by atoms with Gasteiger partial charge in [0.15, 0.2) is 12.2 Å². The number of aromatic nitrogens is 4. The Bertz CT molecular complexity index is 827. The summed E-state index contributed by atoms with van der Waals surface area (Å²) >= 11 is 0. The van der Waals surface area contributed by atoms with Crippen molar-refractivity contribution in [3.63, 3.8) is 0 Å². The highest BCUT2D eigenvalue weighted by Gasteiger charge is 2.21. The average Bonchev–Trinajstić information content (AvgIpc) is 3.28. The highest BCUT2D eigenvalue weighted by Crippen LogP contribution is 2.23. The number of hydrogen-bond acceptors (Lipinski definition) is 5. The molecule has 0 radical (unpaired) electrons. The normalized spacial score (nSPS) is 16.5. The van der Waals surface area contributed by atoms with E-state index < -0.39 is 0 Å². The molecule has 124 valence electrons. The van der Waals surface area contributed by atoms with Crippen LogP contribution in [0.15, 0.2) is 52.4 Å². The van der Waals surface area contributed by atoms with Crippen molar-refractivity contribution in [2.45, 2.75) is 25.4 Å². The van der Waals surface area contributed by atoms with E-state index in [-0.39, 0.29) is 11.7 Å². The van der Waals surface area contributed by atoms with Gasteiger partial charge in [-0.3, -0.25) is 9.47 Å². The van der Waals surface area contributed by atoms with Crippen LogP contribution in [0.1, 0.15) is 24.4 Å². The van der Waals surface area contributed by atoms with Crippen LogP contribution in [-0.2, 0) is 6.54 Å². The van der Waals surface area contributed by atoms with E-state index >= 15 is 0 Å². The van der Waals surface area contributed by atoms with E-state index in [0.29, 0.717) is 0 Å². The minimum Gasteiger partial charge on any atom is -0.444 e. The lowest BCUT2D eigenvalue weighted by atomic mass is 10.0. The van der Waals surface area contributed by atoms with Gasteiger partial charge in [0, 0.05) is 31.2 Å². The standard InChI is InChI=1S/C17H19N5O2/c23-17-20-19-11-22(17)15-5-7-21(8-6-15)10-13-1-3-14(4-2-13)16-9-18-12-24-16/h1-4,9,11-12,15H,5-8,10H2,(H,20,23). The van der Waals surface area contributed by atoms with Crippen molar-refractivity contribution < 1.29 is 4.42 Å². The zero-order chi connectivity index (χ0) is 16.4. The third kappa shape index (κ3) is 3.03. The molecule has 0 spiro atoms. The van der Waals surface area contributed by atoms with E-state index in [9.17, 15) is 4.79 Å². The molecule has 4 rings (SSSR count). The molecule has 1 aliphatic heterocycles. The van der Waals surface area contributed by atoms with Crippen LogP contribution in [0, 0.1) is 0 Å². The van der Waals surface area contributed by atoms with Gasteiger partial charge in [-0.05, 0) is 18.4 Å². The van der Waals surface area contributed by atoms with Gasteiger partial charge in [-0.15, -0.1) is 0 Å². The average molecular weight is 325 g/mol. The van der Waals surface area contributed by atoms with Gasteiger partial charge in [0.25, 0.3) is 0 Å². The lowest BCUT2D eigenvalue weighted by molar-refractivity contribution is 0.178. The molecule has 0 atom stereocenters. The summed E-state index contributed by atoms with van der Waals surface area (Å²) in [6.45, 7) is 2.88. The van der Waals surface area contributed by atoms with Gasteiger partial charge >= 0.3 is 5.69 Å². The molecule has 1 aromatic carbocycles. The van der Waals surface area contributed by atoms with Gasteiger partial charge in [-0.25, -0.2) is 14.9 Å². The number of nitrogens with one attached hydrogen (secondary N) is 1. The molecule has 7 nitrogen and oxygen atoms in total. The second-order valence-electron chi connectivity index (χ2n) is 6.14. The molecule has 1 aliphatic rings. The van der Waals surface area contributed by atoms with Crippen molar-refractivity contribution >= 4 is 0 Å². The Balaban J connectivity index is 1.35. The van der Waals surface area contributed by atoms with Crippen LogP contribution in [0.3, 0.4) is 0 Å². The molecule has 2 aromatic heterocycles. The SMILES string of the molecule is O=c1[nH]ncn1C1CCN(Cc2ccc(-c3cnco3)cc2)CC1. The third-order valence-electron chi connectivity index (χ3n) is 4.60. The number of piperidine rings is 1. The van der Waals surface area contributed by atoms with Crippen molar-refractivity contribution in [3.05, 3.63) is 59.2 Å². The molecule has 1 N–H and O–H groups in total. The summed E-state index contributed by atoms with van der Waals surface area (Å²) in [7, 11) is 0. The molecule has 0 bridgehead atoms. The number of hydrogen-bond donors (Lipinski definition) is 1. The number of H-pyrrole nitrogens is 1. The van der Waals surface area contributed by atoms with Crippen molar-refractivity contribution in [3.8, 4) is 11.3 Å². The van der Waals surface area contributed by atoms with Crippen LogP contribution in [-0.4, -0.2) is 37.7 Å². The quantitative estimate of drug-likeness (QED) is 0.794. The van der Waals surface area contributed by atoms with Gasteiger partial charge in [-0.1, -0.05) is 24.3 Å². The molecule has 1 fully saturated rings. The Kier molecular flexibility index (Phi) is 4.00. The van der Waals surface area contributed by atoms with Crippen LogP contribution in [0.25, 0.3) is 11.3 Å². The fourth-order valence-electron chi connectivity index (χ4n) is 3.26. The molecule has 0 saturated carbocycles. The van der Waals surface area contributed by atoms with Crippen LogP contribution in [0.2, 0.25) is 0 Å². The van der Waals surface area contributed by atoms with Crippen molar-refractivity contribution in [2.75, 3.05) is 13.1 Å². The molecular weight excluding hydrogens is 306 g/mol. The molecule has 1 saturated heterocycles.